The van der Waals surface area contributed by atoms with Crippen LogP contribution in [0.1, 0.15) is 46.5 Å². The van der Waals surface area contributed by atoms with Crippen LogP contribution in [-0.4, -0.2) is 47.0 Å². The zero-order valence-corrected chi connectivity index (χ0v) is 13.4. The summed E-state index contributed by atoms with van der Waals surface area (Å²) in [6.07, 6.45) is 4.73. The molecule has 0 saturated carbocycles. The number of carbonyl (C=O) groups is 1. The standard InChI is InChI=1S/C15H28N2OS/c1-12(2)17(11-13-6-4-8-16-10-13)14(18)15(3)7-5-9-19-15/h12-13,16H,4-11H2,1-3H3. The highest BCUT2D eigenvalue weighted by Crippen LogP contribution is 2.39. The van der Waals surface area contributed by atoms with E-state index in [0.29, 0.717) is 17.9 Å². The number of hydrogen-bond acceptors (Lipinski definition) is 3. The summed E-state index contributed by atoms with van der Waals surface area (Å²) in [5.74, 6) is 2.14. The summed E-state index contributed by atoms with van der Waals surface area (Å²) >= 11 is 1.85. The van der Waals surface area contributed by atoms with E-state index in [2.05, 4.69) is 31.0 Å². The van der Waals surface area contributed by atoms with Gasteiger partial charge < -0.3 is 10.2 Å². The predicted octanol–water partition coefficient (Wildman–Crippen LogP) is 2.51. The van der Waals surface area contributed by atoms with Gasteiger partial charge in [0.05, 0.1) is 4.75 Å². The third-order valence-electron chi connectivity index (χ3n) is 4.41. The molecule has 2 unspecified atom stereocenters. The fraction of sp³-hybridized carbons (Fsp3) is 0.933. The van der Waals surface area contributed by atoms with E-state index in [9.17, 15) is 4.79 Å². The van der Waals surface area contributed by atoms with Crippen molar-refractivity contribution in [3.05, 3.63) is 0 Å². The monoisotopic (exact) mass is 284 g/mol. The third-order valence-corrected chi connectivity index (χ3v) is 5.92. The first kappa shape index (κ1) is 15.2. The first-order valence-electron chi connectivity index (χ1n) is 7.69. The van der Waals surface area contributed by atoms with Crippen LogP contribution < -0.4 is 5.32 Å². The molecule has 1 N–H and O–H groups in total. The van der Waals surface area contributed by atoms with Crippen LogP contribution in [0, 0.1) is 5.92 Å². The maximum Gasteiger partial charge on any atom is 0.238 e. The Morgan fingerprint density at radius 1 is 1.47 bits per heavy atom. The van der Waals surface area contributed by atoms with E-state index in [1.807, 2.05) is 11.8 Å². The molecule has 0 bridgehead atoms. The molecule has 0 aromatic carbocycles. The molecule has 110 valence electrons. The van der Waals surface area contributed by atoms with Crippen LogP contribution in [0.2, 0.25) is 0 Å². The maximum absolute atomic E-state index is 12.9. The van der Waals surface area contributed by atoms with E-state index >= 15 is 0 Å². The van der Waals surface area contributed by atoms with Crippen LogP contribution in [-0.2, 0) is 4.79 Å². The van der Waals surface area contributed by atoms with E-state index in [-0.39, 0.29) is 4.75 Å². The van der Waals surface area contributed by atoms with Crippen molar-refractivity contribution in [1.29, 1.82) is 0 Å². The van der Waals surface area contributed by atoms with Gasteiger partial charge in [0.2, 0.25) is 5.91 Å². The smallest absolute Gasteiger partial charge is 0.238 e. The van der Waals surface area contributed by atoms with Crippen molar-refractivity contribution in [3.8, 4) is 0 Å². The molecule has 2 atom stereocenters. The van der Waals surface area contributed by atoms with Crippen LogP contribution in [0.5, 0.6) is 0 Å². The van der Waals surface area contributed by atoms with Crippen LogP contribution in [0.4, 0.5) is 0 Å². The van der Waals surface area contributed by atoms with Gasteiger partial charge in [0.1, 0.15) is 0 Å². The number of rotatable bonds is 4. The Bertz CT molecular complexity index is 307. The van der Waals surface area contributed by atoms with E-state index in [4.69, 9.17) is 0 Å². The molecule has 1 amide bonds. The summed E-state index contributed by atoms with van der Waals surface area (Å²) in [7, 11) is 0. The second-order valence-corrected chi connectivity index (χ2v) is 8.04. The fourth-order valence-corrected chi connectivity index (χ4v) is 4.41. The van der Waals surface area contributed by atoms with Gasteiger partial charge in [-0.25, -0.2) is 0 Å². The molecular formula is C15H28N2OS. The Morgan fingerprint density at radius 2 is 2.26 bits per heavy atom. The molecule has 2 aliphatic rings. The highest BCUT2D eigenvalue weighted by molar-refractivity contribution is 8.01. The molecule has 0 spiro atoms. The normalized spacial score (nSPS) is 31.7. The Balaban J connectivity index is 2.00. The van der Waals surface area contributed by atoms with Gasteiger partial charge in [-0.1, -0.05) is 0 Å². The van der Waals surface area contributed by atoms with Gasteiger partial charge in [-0.15, -0.1) is 11.8 Å². The third kappa shape index (κ3) is 3.66. The van der Waals surface area contributed by atoms with Gasteiger partial charge in [0, 0.05) is 12.6 Å². The summed E-state index contributed by atoms with van der Waals surface area (Å²) in [6.45, 7) is 9.58. The van der Waals surface area contributed by atoms with Crippen molar-refractivity contribution in [2.45, 2.75) is 57.2 Å². The largest absolute Gasteiger partial charge is 0.339 e. The first-order chi connectivity index (χ1) is 9.03. The zero-order chi connectivity index (χ0) is 13.9. The minimum Gasteiger partial charge on any atom is -0.339 e. The molecular weight excluding hydrogens is 256 g/mol. The molecule has 4 heteroatoms. The van der Waals surface area contributed by atoms with Crippen molar-refractivity contribution in [1.82, 2.24) is 10.2 Å². The Kier molecular flexibility index (Phi) is 5.18. The lowest BCUT2D eigenvalue weighted by Gasteiger charge is -2.37. The highest BCUT2D eigenvalue weighted by Gasteiger charge is 2.41. The molecule has 2 fully saturated rings. The molecule has 0 aromatic heterocycles. The molecule has 0 aliphatic carbocycles. The Labute approximate surface area is 121 Å². The molecule has 2 aliphatic heterocycles. The van der Waals surface area contributed by atoms with E-state index in [0.717, 1.165) is 31.8 Å². The lowest BCUT2D eigenvalue weighted by Crippen LogP contribution is -2.50. The predicted molar refractivity (Wildman–Crippen MR) is 82.5 cm³/mol. The van der Waals surface area contributed by atoms with Crippen molar-refractivity contribution in [3.63, 3.8) is 0 Å². The van der Waals surface area contributed by atoms with Gasteiger partial charge >= 0.3 is 0 Å². The van der Waals surface area contributed by atoms with Crippen molar-refractivity contribution < 1.29 is 4.79 Å². The van der Waals surface area contributed by atoms with E-state index < -0.39 is 0 Å². The van der Waals surface area contributed by atoms with Crippen LogP contribution in [0.25, 0.3) is 0 Å². The second kappa shape index (κ2) is 6.49. The lowest BCUT2D eigenvalue weighted by molar-refractivity contribution is -0.136. The number of nitrogens with one attached hydrogen (secondary N) is 1. The number of hydrogen-bond donors (Lipinski definition) is 1. The van der Waals surface area contributed by atoms with Gasteiger partial charge in [-0.3, -0.25) is 4.79 Å². The second-order valence-electron chi connectivity index (χ2n) is 6.45. The lowest BCUT2D eigenvalue weighted by atomic mass is 9.96. The molecule has 19 heavy (non-hydrogen) atoms. The summed E-state index contributed by atoms with van der Waals surface area (Å²) in [4.78, 5) is 15.0. The van der Waals surface area contributed by atoms with Gasteiger partial charge in [0.25, 0.3) is 0 Å². The molecule has 0 radical (unpaired) electrons. The van der Waals surface area contributed by atoms with Gasteiger partial charge in [-0.05, 0) is 71.2 Å². The minimum atomic E-state index is -0.160. The van der Waals surface area contributed by atoms with Crippen LogP contribution in [0.3, 0.4) is 0 Å². The zero-order valence-electron chi connectivity index (χ0n) is 12.6. The average Bonchev–Trinajstić information content (AvgIpc) is 2.84. The van der Waals surface area contributed by atoms with Crippen LogP contribution in [0.15, 0.2) is 0 Å². The van der Waals surface area contributed by atoms with Gasteiger partial charge in [0.15, 0.2) is 0 Å². The molecule has 2 saturated heterocycles. The Hall–Kier alpha value is -0.220. The number of carbonyl (C=O) groups excluding carboxylic acids is 1. The molecule has 0 aromatic rings. The first-order valence-corrected chi connectivity index (χ1v) is 8.67. The SMILES string of the molecule is CC(C)N(CC1CCCNC1)C(=O)C1(C)CCCS1. The van der Waals surface area contributed by atoms with Crippen molar-refractivity contribution in [2.24, 2.45) is 5.92 Å². The van der Waals surface area contributed by atoms with E-state index in [1.165, 1.54) is 19.3 Å². The highest BCUT2D eigenvalue weighted by atomic mass is 32.2. The van der Waals surface area contributed by atoms with Crippen molar-refractivity contribution in [2.75, 3.05) is 25.4 Å². The van der Waals surface area contributed by atoms with E-state index in [1.54, 1.807) is 0 Å². The fourth-order valence-electron chi connectivity index (χ4n) is 3.14. The van der Waals surface area contributed by atoms with Crippen LogP contribution >= 0.6 is 11.8 Å². The summed E-state index contributed by atoms with van der Waals surface area (Å²) in [6, 6.07) is 0.312. The summed E-state index contributed by atoms with van der Waals surface area (Å²) in [5, 5.41) is 3.45. The maximum atomic E-state index is 12.9. The molecule has 3 nitrogen and oxygen atoms in total. The number of nitrogens with zero attached hydrogens (tertiary/aromatic N) is 1. The number of amides is 1. The minimum absolute atomic E-state index is 0.160. The summed E-state index contributed by atoms with van der Waals surface area (Å²) in [5.41, 5.74) is 0. The Morgan fingerprint density at radius 3 is 2.79 bits per heavy atom. The molecule has 2 rings (SSSR count). The molecule has 2 heterocycles. The number of piperidine rings is 1. The van der Waals surface area contributed by atoms with Crippen molar-refractivity contribution >= 4 is 17.7 Å². The average molecular weight is 284 g/mol. The summed E-state index contributed by atoms with van der Waals surface area (Å²) < 4.78 is -0.160. The topological polar surface area (TPSA) is 32.3 Å². The quantitative estimate of drug-likeness (QED) is 0.861. The van der Waals surface area contributed by atoms with Gasteiger partial charge in [-0.2, -0.15) is 0 Å². The number of thioether (sulfide) groups is 1.